The third-order valence-corrected chi connectivity index (χ3v) is 5.13. The maximum atomic E-state index is 12.3. The molecule has 1 spiro atoms. The van der Waals surface area contributed by atoms with E-state index in [0.717, 1.165) is 5.56 Å². The molecule has 0 unspecified atom stereocenters. The zero-order chi connectivity index (χ0) is 15.0. The van der Waals surface area contributed by atoms with Crippen LogP contribution in [0.1, 0.15) is 12.0 Å². The fourth-order valence-corrected chi connectivity index (χ4v) is 3.88. The standard InChI is InChI=1S/C13H14F2NO4S/c1-18-11-4-8(2-3-10(11)19-12(14)15)9-5-13(20-16-9)6-21(17)7-13/h2-4,12,17H,5-7H2,1H3/q+1. The van der Waals surface area contributed by atoms with Crippen LogP contribution in [0.4, 0.5) is 8.78 Å². The van der Waals surface area contributed by atoms with Crippen molar-refractivity contribution in [2.45, 2.75) is 18.6 Å². The molecule has 0 aliphatic carbocycles. The molecule has 0 bridgehead atoms. The molecule has 2 aliphatic rings. The van der Waals surface area contributed by atoms with Crippen molar-refractivity contribution in [3.05, 3.63) is 23.8 Å². The topological polar surface area (TPSA) is 60.3 Å². The molecule has 8 heteroatoms. The van der Waals surface area contributed by atoms with Gasteiger partial charge in [0.15, 0.2) is 34.2 Å². The Balaban J connectivity index is 1.77. The summed E-state index contributed by atoms with van der Waals surface area (Å²) < 4.78 is 43.4. The van der Waals surface area contributed by atoms with E-state index in [1.807, 2.05) is 0 Å². The van der Waals surface area contributed by atoms with Crippen LogP contribution in [0.15, 0.2) is 23.4 Å². The van der Waals surface area contributed by atoms with E-state index < -0.39 is 23.4 Å². The van der Waals surface area contributed by atoms with Gasteiger partial charge in [0.1, 0.15) is 0 Å². The molecule has 3 rings (SSSR count). The smallest absolute Gasteiger partial charge is 0.387 e. The normalized spacial score (nSPS) is 27.3. The van der Waals surface area contributed by atoms with Gasteiger partial charge in [0.2, 0.25) is 5.60 Å². The average Bonchev–Trinajstić information content (AvgIpc) is 2.83. The molecule has 5 nitrogen and oxygen atoms in total. The lowest BCUT2D eigenvalue weighted by molar-refractivity contribution is -0.0512. The molecule has 1 aromatic carbocycles. The van der Waals surface area contributed by atoms with Gasteiger partial charge in [-0.2, -0.15) is 13.3 Å². The number of hydrogen-bond donors (Lipinski definition) is 1. The van der Waals surface area contributed by atoms with Gasteiger partial charge in [-0.3, -0.25) is 0 Å². The van der Waals surface area contributed by atoms with Crippen LogP contribution in [0.3, 0.4) is 0 Å². The van der Waals surface area contributed by atoms with Crippen LogP contribution in [0.5, 0.6) is 11.5 Å². The molecule has 1 aromatic rings. The maximum Gasteiger partial charge on any atom is 0.387 e. The lowest BCUT2D eigenvalue weighted by Gasteiger charge is -2.29. The van der Waals surface area contributed by atoms with Gasteiger partial charge in [-0.1, -0.05) is 5.16 Å². The van der Waals surface area contributed by atoms with Gasteiger partial charge in [0.25, 0.3) is 0 Å². The number of benzene rings is 1. The van der Waals surface area contributed by atoms with Gasteiger partial charge in [-0.05, 0) is 18.2 Å². The molecule has 0 aromatic heterocycles. The summed E-state index contributed by atoms with van der Waals surface area (Å²) in [5, 5.41) is 4.05. The summed E-state index contributed by atoms with van der Waals surface area (Å²) in [7, 11) is 1.38. The molecule has 0 atom stereocenters. The summed E-state index contributed by atoms with van der Waals surface area (Å²) >= 11 is -0.585. The SMILES string of the molecule is COc1cc(C2=NOC3(C2)C[S+](O)C3)ccc1OC(F)F. The van der Waals surface area contributed by atoms with Crippen molar-refractivity contribution in [1.82, 2.24) is 0 Å². The summed E-state index contributed by atoms with van der Waals surface area (Å²) in [6.07, 6.45) is 0.593. The molecule has 0 radical (unpaired) electrons. The highest BCUT2D eigenvalue weighted by atomic mass is 32.2. The Bertz CT molecular complexity index is 575. The third kappa shape index (κ3) is 2.77. The van der Waals surface area contributed by atoms with E-state index in [0.29, 0.717) is 23.6 Å². The van der Waals surface area contributed by atoms with Crippen LogP contribution < -0.4 is 9.47 Å². The molecule has 114 valence electrons. The van der Waals surface area contributed by atoms with E-state index in [1.165, 1.54) is 13.2 Å². The lowest BCUT2D eigenvalue weighted by atomic mass is 9.96. The molecule has 0 saturated carbocycles. The molecule has 2 aliphatic heterocycles. The monoisotopic (exact) mass is 318 g/mol. The lowest BCUT2D eigenvalue weighted by Crippen LogP contribution is -2.54. The average molecular weight is 318 g/mol. The van der Waals surface area contributed by atoms with Gasteiger partial charge < -0.3 is 14.3 Å². The second-order valence-electron chi connectivity index (χ2n) is 4.98. The van der Waals surface area contributed by atoms with Crippen LogP contribution >= 0.6 is 0 Å². The van der Waals surface area contributed by atoms with Gasteiger partial charge in [-0.15, -0.1) is 0 Å². The molecule has 1 fully saturated rings. The van der Waals surface area contributed by atoms with Gasteiger partial charge in [0.05, 0.1) is 12.8 Å². The molecule has 2 heterocycles. The predicted molar refractivity (Wildman–Crippen MR) is 74.3 cm³/mol. The number of ether oxygens (including phenoxy) is 2. The number of hydrogen-bond acceptors (Lipinski definition) is 5. The first-order valence-electron chi connectivity index (χ1n) is 6.26. The first-order chi connectivity index (χ1) is 10.0. The van der Waals surface area contributed by atoms with E-state index in [2.05, 4.69) is 9.89 Å². The molecule has 1 saturated heterocycles. The number of methoxy groups -OCH3 is 1. The molecular formula is C13H14F2NO4S+. The fourth-order valence-electron chi connectivity index (χ4n) is 2.44. The Morgan fingerprint density at radius 2 is 2.14 bits per heavy atom. The largest absolute Gasteiger partial charge is 0.493 e. The van der Waals surface area contributed by atoms with Crippen LogP contribution in [-0.2, 0) is 16.0 Å². The van der Waals surface area contributed by atoms with Crippen LogP contribution in [0.2, 0.25) is 0 Å². The first kappa shape index (κ1) is 14.4. The minimum atomic E-state index is -2.90. The maximum absolute atomic E-state index is 12.3. The van der Waals surface area contributed by atoms with Crippen LogP contribution in [0, 0.1) is 0 Å². The quantitative estimate of drug-likeness (QED) is 0.865. The van der Waals surface area contributed by atoms with E-state index in [4.69, 9.17) is 9.57 Å². The Morgan fingerprint density at radius 1 is 1.38 bits per heavy atom. The highest BCUT2D eigenvalue weighted by Gasteiger charge is 2.59. The van der Waals surface area contributed by atoms with Crippen molar-refractivity contribution in [3.63, 3.8) is 0 Å². The first-order valence-corrected chi connectivity index (χ1v) is 7.78. The minimum Gasteiger partial charge on any atom is -0.493 e. The van der Waals surface area contributed by atoms with E-state index in [1.54, 1.807) is 12.1 Å². The Kier molecular flexibility index (Phi) is 3.66. The highest BCUT2D eigenvalue weighted by molar-refractivity contribution is 7.93. The van der Waals surface area contributed by atoms with Crippen molar-refractivity contribution in [2.24, 2.45) is 5.16 Å². The van der Waals surface area contributed by atoms with Gasteiger partial charge >= 0.3 is 6.61 Å². The Morgan fingerprint density at radius 3 is 2.76 bits per heavy atom. The fraction of sp³-hybridized carbons (Fsp3) is 0.462. The van der Waals surface area contributed by atoms with Crippen LogP contribution in [-0.4, -0.2) is 41.1 Å². The zero-order valence-electron chi connectivity index (χ0n) is 11.2. The zero-order valence-corrected chi connectivity index (χ0v) is 12.0. The summed E-state index contributed by atoms with van der Waals surface area (Å²) in [5.74, 6) is 1.37. The van der Waals surface area contributed by atoms with Crippen molar-refractivity contribution >= 4 is 16.9 Å². The highest BCUT2D eigenvalue weighted by Crippen LogP contribution is 2.38. The van der Waals surface area contributed by atoms with E-state index in [-0.39, 0.29) is 11.5 Å². The number of rotatable bonds is 4. The Hall–Kier alpha value is -1.54. The third-order valence-electron chi connectivity index (χ3n) is 3.41. The number of nitrogens with zero attached hydrogens (tertiary/aromatic N) is 1. The molecule has 0 amide bonds. The van der Waals surface area contributed by atoms with Crippen molar-refractivity contribution < 1.29 is 27.6 Å². The summed E-state index contributed by atoms with van der Waals surface area (Å²) in [6, 6.07) is 4.65. The molecular weight excluding hydrogens is 304 g/mol. The predicted octanol–water partition coefficient (Wildman–Crippen LogP) is 2.26. The summed E-state index contributed by atoms with van der Waals surface area (Å²) in [5.41, 5.74) is 1.06. The van der Waals surface area contributed by atoms with Crippen molar-refractivity contribution in [2.75, 3.05) is 18.6 Å². The van der Waals surface area contributed by atoms with E-state index >= 15 is 0 Å². The van der Waals surface area contributed by atoms with Crippen molar-refractivity contribution in [3.8, 4) is 11.5 Å². The number of oxime groups is 1. The number of halogens is 2. The van der Waals surface area contributed by atoms with Gasteiger partial charge in [0, 0.05) is 12.0 Å². The summed E-state index contributed by atoms with van der Waals surface area (Å²) in [4.78, 5) is 5.43. The van der Waals surface area contributed by atoms with Crippen LogP contribution in [0.25, 0.3) is 0 Å². The van der Waals surface area contributed by atoms with Gasteiger partial charge in [-0.25, -0.2) is 0 Å². The Labute approximate surface area is 123 Å². The molecule has 1 N–H and O–H groups in total. The van der Waals surface area contributed by atoms with Crippen molar-refractivity contribution in [1.29, 1.82) is 0 Å². The summed E-state index contributed by atoms with van der Waals surface area (Å²) in [6.45, 7) is -2.90. The van der Waals surface area contributed by atoms with E-state index in [9.17, 15) is 13.3 Å². The molecule has 21 heavy (non-hydrogen) atoms. The number of alkyl halides is 2. The minimum absolute atomic E-state index is 0.0222. The second kappa shape index (κ2) is 5.34. The second-order valence-corrected chi connectivity index (χ2v) is 6.49.